The minimum Gasteiger partial charge on any atom is -0.381 e. The van der Waals surface area contributed by atoms with Crippen LogP contribution in [0.2, 0.25) is 0 Å². The number of isocyanates is 1. The van der Waals surface area contributed by atoms with E-state index in [-0.39, 0.29) is 6.10 Å². The Hall–Kier alpha value is -1.17. The Bertz CT molecular complexity index is 255. The monoisotopic (exact) mass is 180 g/mol. The van der Waals surface area contributed by atoms with Crippen molar-refractivity contribution >= 4 is 6.08 Å². The van der Waals surface area contributed by atoms with Crippen LogP contribution >= 0.6 is 0 Å². The molecular formula is C9H12N2O2. The molecule has 0 heterocycles. The molecule has 4 heteroatoms. The van der Waals surface area contributed by atoms with Gasteiger partial charge in [-0.15, -0.1) is 0 Å². The zero-order chi connectivity index (χ0) is 9.73. The van der Waals surface area contributed by atoms with Crippen molar-refractivity contribution in [2.45, 2.75) is 37.3 Å². The van der Waals surface area contributed by atoms with Gasteiger partial charge in [-0.25, -0.2) is 4.79 Å². The van der Waals surface area contributed by atoms with Gasteiger partial charge in [0.2, 0.25) is 6.08 Å². The maximum Gasteiger partial charge on any atom is 0.236 e. The second-order valence-electron chi connectivity index (χ2n) is 3.28. The molecule has 0 aromatic rings. The van der Waals surface area contributed by atoms with E-state index in [0.29, 0.717) is 12.8 Å². The van der Waals surface area contributed by atoms with Gasteiger partial charge in [-0.3, -0.25) is 0 Å². The highest BCUT2D eigenvalue weighted by molar-refractivity contribution is 5.37. The third-order valence-corrected chi connectivity index (χ3v) is 2.56. The van der Waals surface area contributed by atoms with E-state index in [4.69, 9.17) is 10.00 Å². The third-order valence-electron chi connectivity index (χ3n) is 2.56. The van der Waals surface area contributed by atoms with Gasteiger partial charge >= 0.3 is 0 Å². The van der Waals surface area contributed by atoms with E-state index in [1.54, 1.807) is 7.11 Å². The number of methoxy groups -OCH3 is 1. The molecule has 0 spiro atoms. The van der Waals surface area contributed by atoms with Crippen molar-refractivity contribution in [1.29, 1.82) is 5.26 Å². The van der Waals surface area contributed by atoms with Gasteiger partial charge in [-0.2, -0.15) is 10.3 Å². The van der Waals surface area contributed by atoms with Crippen LogP contribution in [0.3, 0.4) is 0 Å². The second kappa shape index (κ2) is 4.18. The number of hydrogen-bond acceptors (Lipinski definition) is 4. The fourth-order valence-corrected chi connectivity index (χ4v) is 1.64. The van der Waals surface area contributed by atoms with Gasteiger partial charge in [0.25, 0.3) is 0 Å². The molecule has 1 aliphatic carbocycles. The van der Waals surface area contributed by atoms with Crippen molar-refractivity contribution in [3.05, 3.63) is 0 Å². The lowest BCUT2D eigenvalue weighted by atomic mass is 9.82. The fraction of sp³-hybridized carbons (Fsp3) is 0.778. The topological polar surface area (TPSA) is 62.4 Å². The van der Waals surface area contributed by atoms with Crippen LogP contribution in [0.1, 0.15) is 25.7 Å². The molecule has 70 valence electrons. The molecule has 0 aliphatic heterocycles. The summed E-state index contributed by atoms with van der Waals surface area (Å²) in [4.78, 5) is 13.7. The summed E-state index contributed by atoms with van der Waals surface area (Å²) in [5.41, 5.74) is -0.823. The van der Waals surface area contributed by atoms with Crippen molar-refractivity contribution in [1.82, 2.24) is 0 Å². The zero-order valence-electron chi connectivity index (χ0n) is 7.62. The van der Waals surface area contributed by atoms with E-state index in [1.807, 2.05) is 0 Å². The normalized spacial score (nSPS) is 33.1. The summed E-state index contributed by atoms with van der Waals surface area (Å²) in [6, 6.07) is 2.08. The quantitative estimate of drug-likeness (QED) is 0.473. The lowest BCUT2D eigenvalue weighted by Gasteiger charge is -2.29. The largest absolute Gasteiger partial charge is 0.381 e. The van der Waals surface area contributed by atoms with Gasteiger partial charge in [-0.1, -0.05) is 0 Å². The van der Waals surface area contributed by atoms with Crippen LogP contribution in [0, 0.1) is 11.3 Å². The summed E-state index contributed by atoms with van der Waals surface area (Å²) in [7, 11) is 1.66. The maximum absolute atomic E-state index is 10.1. The van der Waals surface area contributed by atoms with Gasteiger partial charge in [0.15, 0.2) is 5.54 Å². The number of nitriles is 1. The molecule has 0 saturated heterocycles. The maximum atomic E-state index is 10.1. The van der Waals surface area contributed by atoms with Crippen LogP contribution in [-0.4, -0.2) is 24.8 Å². The zero-order valence-corrected chi connectivity index (χ0v) is 7.62. The molecule has 0 bridgehead atoms. The standard InChI is InChI=1S/C9H12N2O2/c1-13-8-2-4-9(6-10,5-3-8)11-7-12/h8H,2-5H2,1H3. The number of ether oxygens (including phenoxy) is 1. The van der Waals surface area contributed by atoms with Crippen LogP contribution in [0.15, 0.2) is 4.99 Å². The molecule has 1 fully saturated rings. The molecule has 0 aromatic heterocycles. The van der Waals surface area contributed by atoms with Crippen molar-refractivity contribution < 1.29 is 9.53 Å². The highest BCUT2D eigenvalue weighted by Crippen LogP contribution is 2.31. The lowest BCUT2D eigenvalue weighted by Crippen LogP contribution is -2.33. The summed E-state index contributed by atoms with van der Waals surface area (Å²) in [5, 5.41) is 8.87. The molecule has 0 aromatic carbocycles. The molecular weight excluding hydrogens is 168 g/mol. The Kier molecular flexibility index (Phi) is 3.18. The first-order chi connectivity index (χ1) is 6.26. The van der Waals surface area contributed by atoms with Crippen LogP contribution in [0.5, 0.6) is 0 Å². The first kappa shape index (κ1) is 9.91. The van der Waals surface area contributed by atoms with E-state index in [0.717, 1.165) is 12.8 Å². The van der Waals surface area contributed by atoms with Gasteiger partial charge < -0.3 is 4.74 Å². The summed E-state index contributed by atoms with van der Waals surface area (Å²) in [6.07, 6.45) is 4.45. The first-order valence-electron chi connectivity index (χ1n) is 4.29. The first-order valence-corrected chi connectivity index (χ1v) is 4.29. The summed E-state index contributed by atoms with van der Waals surface area (Å²) in [5.74, 6) is 0. The van der Waals surface area contributed by atoms with E-state index in [2.05, 4.69) is 11.1 Å². The number of nitrogens with zero attached hydrogens (tertiary/aromatic N) is 2. The molecule has 13 heavy (non-hydrogen) atoms. The summed E-state index contributed by atoms with van der Waals surface area (Å²) >= 11 is 0. The Morgan fingerprint density at radius 1 is 1.54 bits per heavy atom. The van der Waals surface area contributed by atoms with E-state index >= 15 is 0 Å². The van der Waals surface area contributed by atoms with E-state index in [9.17, 15) is 4.79 Å². The smallest absolute Gasteiger partial charge is 0.236 e. The fourth-order valence-electron chi connectivity index (χ4n) is 1.64. The molecule has 1 saturated carbocycles. The molecule has 0 atom stereocenters. The third kappa shape index (κ3) is 2.15. The average Bonchev–Trinajstić information content (AvgIpc) is 2.19. The van der Waals surface area contributed by atoms with Crippen molar-refractivity contribution in [2.24, 2.45) is 4.99 Å². The van der Waals surface area contributed by atoms with Crippen LogP contribution in [0.4, 0.5) is 0 Å². The predicted molar refractivity (Wildman–Crippen MR) is 45.7 cm³/mol. The lowest BCUT2D eigenvalue weighted by molar-refractivity contribution is 0.0589. The van der Waals surface area contributed by atoms with Gasteiger partial charge in [0, 0.05) is 7.11 Å². The highest BCUT2D eigenvalue weighted by Gasteiger charge is 2.35. The van der Waals surface area contributed by atoms with Crippen molar-refractivity contribution in [2.75, 3.05) is 7.11 Å². The molecule has 0 amide bonds. The Labute approximate surface area is 77.2 Å². The molecule has 4 nitrogen and oxygen atoms in total. The van der Waals surface area contributed by atoms with Crippen molar-refractivity contribution in [3.8, 4) is 6.07 Å². The Morgan fingerprint density at radius 2 is 2.15 bits per heavy atom. The molecule has 1 rings (SSSR count). The number of aliphatic imine (C=N–C) groups is 1. The van der Waals surface area contributed by atoms with Gasteiger partial charge in [0.1, 0.15) is 0 Å². The van der Waals surface area contributed by atoms with E-state index in [1.165, 1.54) is 6.08 Å². The SMILES string of the molecule is COC1CCC(C#N)(N=C=O)CC1. The van der Waals surface area contributed by atoms with Gasteiger partial charge in [0.05, 0.1) is 12.2 Å². The number of hydrogen-bond donors (Lipinski definition) is 0. The number of carbonyl (C=O) groups excluding carboxylic acids is 1. The summed E-state index contributed by atoms with van der Waals surface area (Å²) < 4.78 is 5.16. The van der Waals surface area contributed by atoms with E-state index < -0.39 is 5.54 Å². The molecule has 0 radical (unpaired) electrons. The average molecular weight is 180 g/mol. The minimum absolute atomic E-state index is 0.211. The molecule has 0 unspecified atom stereocenters. The second-order valence-corrected chi connectivity index (χ2v) is 3.28. The van der Waals surface area contributed by atoms with Crippen LogP contribution in [-0.2, 0) is 9.53 Å². The molecule has 0 N–H and O–H groups in total. The Morgan fingerprint density at radius 3 is 2.54 bits per heavy atom. The van der Waals surface area contributed by atoms with Gasteiger partial charge in [-0.05, 0) is 25.7 Å². The van der Waals surface area contributed by atoms with Crippen LogP contribution < -0.4 is 0 Å². The summed E-state index contributed by atoms with van der Waals surface area (Å²) in [6.45, 7) is 0. The predicted octanol–water partition coefficient (Wildman–Crippen LogP) is 1.17. The highest BCUT2D eigenvalue weighted by atomic mass is 16.5. The minimum atomic E-state index is -0.823. The Balaban J connectivity index is 2.64. The molecule has 1 aliphatic rings. The van der Waals surface area contributed by atoms with Crippen LogP contribution in [0.25, 0.3) is 0 Å². The van der Waals surface area contributed by atoms with Crippen molar-refractivity contribution in [3.63, 3.8) is 0 Å². The number of rotatable bonds is 2.